The van der Waals surface area contributed by atoms with Gasteiger partial charge in [-0.1, -0.05) is 13.5 Å². The van der Waals surface area contributed by atoms with Gasteiger partial charge in [0.25, 0.3) is 0 Å². The number of rotatable bonds is 0. The number of hydrogen-bond donors (Lipinski definition) is 1. The summed E-state index contributed by atoms with van der Waals surface area (Å²) in [4.78, 5) is 0. The Kier molecular flexibility index (Phi) is 2.23. The topological polar surface area (TPSA) is 38.7 Å². The molecule has 0 radical (unpaired) electrons. The van der Waals surface area contributed by atoms with Crippen molar-refractivity contribution in [2.45, 2.75) is 44.5 Å². The van der Waals surface area contributed by atoms with Gasteiger partial charge in [0.2, 0.25) is 0 Å². The van der Waals surface area contributed by atoms with Crippen molar-refractivity contribution in [2.75, 3.05) is 13.2 Å². The zero-order valence-corrected chi connectivity index (χ0v) is 9.87. The second-order valence-electron chi connectivity index (χ2n) is 5.59. The zero-order chi connectivity index (χ0) is 11.4. The van der Waals surface area contributed by atoms with E-state index < -0.39 is 0 Å². The molecule has 0 amide bonds. The fourth-order valence-corrected chi connectivity index (χ4v) is 3.95. The lowest BCUT2D eigenvalue weighted by Gasteiger charge is -2.47. The van der Waals surface area contributed by atoms with Crippen molar-refractivity contribution in [3.8, 4) is 0 Å². The minimum absolute atomic E-state index is 0.0137. The summed E-state index contributed by atoms with van der Waals surface area (Å²) in [5.41, 5.74) is 1.00. The van der Waals surface area contributed by atoms with Gasteiger partial charge in [-0.25, -0.2) is 0 Å². The lowest BCUT2D eigenvalue weighted by atomic mass is 9.64. The lowest BCUT2D eigenvalue weighted by molar-refractivity contribution is -0.229. The van der Waals surface area contributed by atoms with E-state index in [-0.39, 0.29) is 17.3 Å². The molecule has 3 fully saturated rings. The molecule has 3 heteroatoms. The first-order valence-corrected chi connectivity index (χ1v) is 6.24. The molecule has 1 spiro atoms. The Morgan fingerprint density at radius 1 is 1.25 bits per heavy atom. The van der Waals surface area contributed by atoms with Crippen LogP contribution in [0.5, 0.6) is 0 Å². The molecule has 90 valence electrons. The lowest BCUT2D eigenvalue weighted by Crippen LogP contribution is -2.49. The van der Waals surface area contributed by atoms with E-state index >= 15 is 0 Å². The molecule has 3 atom stereocenters. The molecule has 16 heavy (non-hydrogen) atoms. The largest absolute Gasteiger partial charge is 0.389 e. The van der Waals surface area contributed by atoms with Gasteiger partial charge in [0.15, 0.2) is 5.79 Å². The third-order valence-corrected chi connectivity index (χ3v) is 4.97. The van der Waals surface area contributed by atoms with Crippen molar-refractivity contribution >= 4 is 0 Å². The summed E-state index contributed by atoms with van der Waals surface area (Å²) in [6.07, 6.45) is 3.42. The number of hydrogen-bond acceptors (Lipinski definition) is 3. The molecule has 2 aliphatic carbocycles. The van der Waals surface area contributed by atoms with Gasteiger partial charge >= 0.3 is 0 Å². The van der Waals surface area contributed by atoms with Gasteiger partial charge in [-0.15, -0.1) is 0 Å². The van der Waals surface area contributed by atoms with E-state index in [9.17, 15) is 5.11 Å². The summed E-state index contributed by atoms with van der Waals surface area (Å²) in [6.45, 7) is 7.73. The van der Waals surface area contributed by atoms with Crippen molar-refractivity contribution in [1.82, 2.24) is 0 Å². The Morgan fingerprint density at radius 3 is 2.62 bits per heavy atom. The van der Waals surface area contributed by atoms with Crippen molar-refractivity contribution in [1.29, 1.82) is 0 Å². The summed E-state index contributed by atoms with van der Waals surface area (Å²) < 4.78 is 11.8. The predicted octanol–water partition coefficient (Wildman–Crippen LogP) is 1.86. The summed E-state index contributed by atoms with van der Waals surface area (Å²) >= 11 is 0. The molecule has 0 unspecified atom stereocenters. The molecule has 0 aromatic rings. The quantitative estimate of drug-likeness (QED) is 0.638. The number of ether oxygens (including phenoxy) is 2. The summed E-state index contributed by atoms with van der Waals surface area (Å²) in [6, 6.07) is 0. The van der Waals surface area contributed by atoms with Crippen LogP contribution in [-0.2, 0) is 9.47 Å². The normalized spacial score (nSPS) is 46.2. The molecule has 3 nitrogen and oxygen atoms in total. The van der Waals surface area contributed by atoms with Crippen LogP contribution in [-0.4, -0.2) is 30.2 Å². The molecule has 1 heterocycles. The second kappa shape index (κ2) is 3.31. The second-order valence-corrected chi connectivity index (χ2v) is 5.59. The van der Waals surface area contributed by atoms with Crippen LogP contribution in [0.3, 0.4) is 0 Å². The molecule has 3 rings (SSSR count). The van der Waals surface area contributed by atoms with Crippen LogP contribution < -0.4 is 0 Å². The van der Waals surface area contributed by atoms with Gasteiger partial charge in [0.1, 0.15) is 0 Å². The number of aliphatic hydroxyl groups excluding tert-OH is 1. The average Bonchev–Trinajstić information content (AvgIpc) is 2.84. The number of aliphatic hydroxyl groups is 1. The van der Waals surface area contributed by atoms with Gasteiger partial charge in [-0.3, -0.25) is 0 Å². The molecular formula is C13H20O3. The van der Waals surface area contributed by atoms with Crippen LogP contribution >= 0.6 is 0 Å². The van der Waals surface area contributed by atoms with E-state index in [0.717, 1.165) is 31.3 Å². The predicted molar refractivity (Wildman–Crippen MR) is 59.8 cm³/mol. The van der Waals surface area contributed by atoms with Crippen LogP contribution in [0.4, 0.5) is 0 Å². The van der Waals surface area contributed by atoms with E-state index in [2.05, 4.69) is 13.5 Å². The molecule has 2 saturated carbocycles. The van der Waals surface area contributed by atoms with Crippen LogP contribution in [0.2, 0.25) is 0 Å². The molecular weight excluding hydrogens is 204 g/mol. The maximum Gasteiger partial charge on any atom is 0.174 e. The molecule has 0 aromatic carbocycles. The zero-order valence-electron chi connectivity index (χ0n) is 9.87. The Hall–Kier alpha value is -0.380. The highest BCUT2D eigenvalue weighted by molar-refractivity contribution is 5.22. The standard InChI is InChI=1S/C13H20O3/c1-9-10-3-6-13(15-7-8-16-13)12(10,2)5-4-11(9)14/h10-11,14H,1,3-8H2,2H3/t10-,11+,12+/m0/s1. The van der Waals surface area contributed by atoms with Gasteiger partial charge in [0.05, 0.1) is 19.3 Å². The summed E-state index contributed by atoms with van der Waals surface area (Å²) in [5.74, 6) is -0.0323. The maximum atomic E-state index is 9.89. The minimum atomic E-state index is -0.388. The van der Waals surface area contributed by atoms with E-state index in [0.29, 0.717) is 19.1 Å². The highest BCUT2D eigenvalue weighted by atomic mass is 16.7. The van der Waals surface area contributed by atoms with Crippen molar-refractivity contribution in [3.63, 3.8) is 0 Å². The monoisotopic (exact) mass is 224 g/mol. The van der Waals surface area contributed by atoms with E-state index in [1.165, 1.54) is 0 Å². The first kappa shape index (κ1) is 10.8. The van der Waals surface area contributed by atoms with Gasteiger partial charge in [-0.05, 0) is 30.8 Å². The first-order valence-electron chi connectivity index (χ1n) is 6.24. The van der Waals surface area contributed by atoms with Gasteiger partial charge in [0, 0.05) is 11.8 Å². The fraction of sp³-hybridized carbons (Fsp3) is 0.846. The highest BCUT2D eigenvalue weighted by Gasteiger charge is 2.63. The molecule has 1 saturated heterocycles. The molecule has 0 aromatic heterocycles. The third kappa shape index (κ3) is 1.14. The first-order chi connectivity index (χ1) is 7.59. The highest BCUT2D eigenvalue weighted by Crippen LogP contribution is 2.61. The molecule has 1 aliphatic heterocycles. The Balaban J connectivity index is 1.96. The van der Waals surface area contributed by atoms with Crippen LogP contribution in [0, 0.1) is 11.3 Å². The van der Waals surface area contributed by atoms with Crippen LogP contribution in [0.15, 0.2) is 12.2 Å². The third-order valence-electron chi connectivity index (χ3n) is 4.97. The van der Waals surface area contributed by atoms with E-state index in [1.807, 2.05) is 0 Å². The van der Waals surface area contributed by atoms with Crippen LogP contribution in [0.1, 0.15) is 32.6 Å². The summed E-state index contributed by atoms with van der Waals surface area (Å²) in [5, 5.41) is 9.89. The van der Waals surface area contributed by atoms with Crippen molar-refractivity contribution < 1.29 is 14.6 Å². The minimum Gasteiger partial charge on any atom is -0.389 e. The molecule has 0 bridgehead atoms. The molecule has 1 N–H and O–H groups in total. The number of fused-ring (bicyclic) bond motifs is 2. The van der Waals surface area contributed by atoms with E-state index in [1.54, 1.807) is 0 Å². The van der Waals surface area contributed by atoms with Crippen molar-refractivity contribution in [3.05, 3.63) is 12.2 Å². The average molecular weight is 224 g/mol. The fourth-order valence-electron chi connectivity index (χ4n) is 3.95. The maximum absolute atomic E-state index is 9.89. The van der Waals surface area contributed by atoms with Gasteiger partial charge < -0.3 is 14.6 Å². The van der Waals surface area contributed by atoms with Gasteiger partial charge in [-0.2, -0.15) is 0 Å². The summed E-state index contributed by atoms with van der Waals surface area (Å²) in [7, 11) is 0. The Labute approximate surface area is 96.4 Å². The van der Waals surface area contributed by atoms with Crippen molar-refractivity contribution in [2.24, 2.45) is 11.3 Å². The smallest absolute Gasteiger partial charge is 0.174 e. The SMILES string of the molecule is C=C1[C@H](O)CC[C@]2(C)[C@H]1CCC21OCCO1. The Morgan fingerprint density at radius 2 is 1.94 bits per heavy atom. The van der Waals surface area contributed by atoms with E-state index in [4.69, 9.17) is 9.47 Å². The Bertz CT molecular complexity index is 319. The molecule has 3 aliphatic rings. The van der Waals surface area contributed by atoms with Crippen LogP contribution in [0.25, 0.3) is 0 Å².